The van der Waals surface area contributed by atoms with Crippen LogP contribution in [0.1, 0.15) is 23.0 Å². The Labute approximate surface area is 146 Å². The second kappa shape index (κ2) is 7.78. The van der Waals surface area contributed by atoms with E-state index in [4.69, 9.17) is 4.42 Å². The molecule has 1 heterocycles. The van der Waals surface area contributed by atoms with Gasteiger partial charge in [-0.2, -0.15) is 0 Å². The van der Waals surface area contributed by atoms with E-state index in [1.54, 1.807) is 24.3 Å². The number of nitrogens with one attached hydrogen (secondary N) is 3. The second-order valence-electron chi connectivity index (χ2n) is 5.05. The van der Waals surface area contributed by atoms with Crippen molar-refractivity contribution in [2.75, 3.05) is 17.2 Å². The van der Waals surface area contributed by atoms with Crippen LogP contribution in [0, 0.1) is 6.92 Å². The highest BCUT2D eigenvalue weighted by Gasteiger charge is 2.12. The molecular formula is C16H16BrN3O4. The van der Waals surface area contributed by atoms with Gasteiger partial charge in [0.05, 0.1) is 6.54 Å². The predicted molar refractivity (Wildman–Crippen MR) is 92.9 cm³/mol. The van der Waals surface area contributed by atoms with E-state index < -0.39 is 11.8 Å². The maximum atomic E-state index is 12.0. The molecule has 0 aliphatic carbocycles. The lowest BCUT2D eigenvalue weighted by molar-refractivity contribution is -0.115. The summed E-state index contributed by atoms with van der Waals surface area (Å²) in [7, 11) is 0. The molecule has 0 aliphatic rings. The summed E-state index contributed by atoms with van der Waals surface area (Å²) in [4.78, 5) is 34.9. The third-order valence-corrected chi connectivity index (χ3v) is 3.46. The maximum absolute atomic E-state index is 12.0. The zero-order valence-corrected chi connectivity index (χ0v) is 14.7. The van der Waals surface area contributed by atoms with Crippen molar-refractivity contribution in [1.82, 2.24) is 5.32 Å². The number of carbonyl (C=O) groups excluding carboxylic acids is 3. The third-order valence-electron chi connectivity index (χ3n) is 3.04. The van der Waals surface area contributed by atoms with Gasteiger partial charge in [-0.25, -0.2) is 0 Å². The summed E-state index contributed by atoms with van der Waals surface area (Å²) in [5.41, 5.74) is 1.97. The Kier molecular flexibility index (Phi) is 5.75. The van der Waals surface area contributed by atoms with Crippen molar-refractivity contribution in [3.05, 3.63) is 46.3 Å². The Bertz CT molecular complexity index is 785. The van der Waals surface area contributed by atoms with Crippen LogP contribution in [-0.4, -0.2) is 24.3 Å². The summed E-state index contributed by atoms with van der Waals surface area (Å²) in [6, 6.07) is 8.26. The number of furan rings is 1. The fourth-order valence-corrected chi connectivity index (χ4v) is 2.22. The molecule has 0 aliphatic heterocycles. The number of anilines is 2. The fraction of sp³-hybridized carbons (Fsp3) is 0.188. The van der Waals surface area contributed by atoms with E-state index in [-0.39, 0.29) is 18.2 Å². The molecule has 7 nitrogen and oxygen atoms in total. The molecular weight excluding hydrogens is 378 g/mol. The summed E-state index contributed by atoms with van der Waals surface area (Å²) >= 11 is 3.10. The molecule has 1 aromatic heterocycles. The Morgan fingerprint density at radius 3 is 2.50 bits per heavy atom. The summed E-state index contributed by atoms with van der Waals surface area (Å²) < 4.78 is 5.53. The maximum Gasteiger partial charge on any atom is 0.287 e. The van der Waals surface area contributed by atoms with Crippen molar-refractivity contribution >= 4 is 45.0 Å². The van der Waals surface area contributed by atoms with Crippen LogP contribution in [0.5, 0.6) is 0 Å². The number of carbonyl (C=O) groups is 3. The minimum absolute atomic E-state index is 0.110. The van der Waals surface area contributed by atoms with E-state index >= 15 is 0 Å². The first kappa shape index (κ1) is 17.7. The molecule has 126 valence electrons. The van der Waals surface area contributed by atoms with Gasteiger partial charge in [0.1, 0.15) is 0 Å². The number of amides is 3. The van der Waals surface area contributed by atoms with E-state index in [1.807, 2.05) is 6.92 Å². The largest absolute Gasteiger partial charge is 0.444 e. The van der Waals surface area contributed by atoms with Gasteiger partial charge in [-0.05, 0) is 52.7 Å². The fourth-order valence-electron chi connectivity index (χ4n) is 1.92. The molecule has 0 bridgehead atoms. The summed E-state index contributed by atoms with van der Waals surface area (Å²) in [5.74, 6) is -0.969. The monoisotopic (exact) mass is 393 g/mol. The van der Waals surface area contributed by atoms with Gasteiger partial charge in [-0.3, -0.25) is 14.4 Å². The highest BCUT2D eigenvalue weighted by molar-refractivity contribution is 9.10. The van der Waals surface area contributed by atoms with Gasteiger partial charge in [0.2, 0.25) is 11.8 Å². The standard InChI is InChI=1S/C16H16BrN3O4/c1-9-3-4-11(19-10(2)21)7-12(9)20-15(22)8-18-16(23)13-5-6-14(17)24-13/h3-7H,8H2,1-2H3,(H,18,23)(H,19,21)(H,20,22). The minimum atomic E-state index is -0.487. The van der Waals surface area contributed by atoms with Crippen LogP contribution in [0.15, 0.2) is 39.4 Å². The SMILES string of the molecule is CC(=O)Nc1ccc(C)c(NC(=O)CNC(=O)c2ccc(Br)o2)c1. The van der Waals surface area contributed by atoms with Crippen molar-refractivity contribution in [1.29, 1.82) is 0 Å². The van der Waals surface area contributed by atoms with E-state index in [0.29, 0.717) is 16.0 Å². The number of hydrogen-bond acceptors (Lipinski definition) is 4. The Morgan fingerprint density at radius 1 is 1.12 bits per heavy atom. The summed E-state index contributed by atoms with van der Waals surface area (Å²) in [5, 5.41) is 7.80. The van der Waals surface area contributed by atoms with Crippen LogP contribution in [0.25, 0.3) is 0 Å². The van der Waals surface area contributed by atoms with Crippen molar-refractivity contribution < 1.29 is 18.8 Å². The second-order valence-corrected chi connectivity index (χ2v) is 5.83. The molecule has 0 fully saturated rings. The van der Waals surface area contributed by atoms with Crippen LogP contribution >= 0.6 is 15.9 Å². The van der Waals surface area contributed by atoms with Gasteiger partial charge >= 0.3 is 0 Å². The average molecular weight is 394 g/mol. The topological polar surface area (TPSA) is 100 Å². The van der Waals surface area contributed by atoms with Gasteiger partial charge in [0.15, 0.2) is 10.4 Å². The van der Waals surface area contributed by atoms with Crippen LogP contribution in [0.3, 0.4) is 0 Å². The van der Waals surface area contributed by atoms with Gasteiger partial charge < -0.3 is 20.4 Å². The van der Waals surface area contributed by atoms with Crippen molar-refractivity contribution in [2.24, 2.45) is 0 Å². The normalized spacial score (nSPS) is 10.1. The molecule has 24 heavy (non-hydrogen) atoms. The summed E-state index contributed by atoms with van der Waals surface area (Å²) in [6.45, 7) is 3.02. The predicted octanol–water partition coefficient (Wildman–Crippen LogP) is 2.68. The first-order valence-electron chi connectivity index (χ1n) is 7.07. The molecule has 0 atom stereocenters. The molecule has 0 unspecified atom stereocenters. The number of benzene rings is 1. The molecule has 0 saturated heterocycles. The molecule has 1 aromatic carbocycles. The van der Waals surface area contributed by atoms with Gasteiger partial charge in [-0.15, -0.1) is 0 Å². The molecule has 3 amide bonds. The summed E-state index contributed by atoms with van der Waals surface area (Å²) in [6.07, 6.45) is 0. The molecule has 2 aromatic rings. The third kappa shape index (κ3) is 4.95. The first-order chi connectivity index (χ1) is 11.3. The molecule has 0 saturated carbocycles. The Balaban J connectivity index is 1.94. The molecule has 0 spiro atoms. The van der Waals surface area contributed by atoms with Crippen LogP contribution < -0.4 is 16.0 Å². The van der Waals surface area contributed by atoms with E-state index in [2.05, 4.69) is 31.9 Å². The van der Waals surface area contributed by atoms with Crippen LogP contribution in [0.4, 0.5) is 11.4 Å². The number of halogens is 1. The van der Waals surface area contributed by atoms with Gasteiger partial charge in [0, 0.05) is 18.3 Å². The number of hydrogen-bond donors (Lipinski definition) is 3. The Hall–Kier alpha value is -2.61. The minimum Gasteiger partial charge on any atom is -0.444 e. The molecule has 2 rings (SSSR count). The van der Waals surface area contributed by atoms with E-state index in [0.717, 1.165) is 5.56 Å². The molecule has 3 N–H and O–H groups in total. The molecule has 8 heteroatoms. The lowest BCUT2D eigenvalue weighted by Gasteiger charge is -2.11. The first-order valence-corrected chi connectivity index (χ1v) is 7.86. The van der Waals surface area contributed by atoms with E-state index in [1.165, 1.54) is 13.0 Å². The zero-order valence-electron chi connectivity index (χ0n) is 13.1. The number of aryl methyl sites for hydroxylation is 1. The van der Waals surface area contributed by atoms with Gasteiger partial charge in [-0.1, -0.05) is 6.07 Å². The van der Waals surface area contributed by atoms with Crippen molar-refractivity contribution in [2.45, 2.75) is 13.8 Å². The highest BCUT2D eigenvalue weighted by Crippen LogP contribution is 2.20. The smallest absolute Gasteiger partial charge is 0.287 e. The van der Waals surface area contributed by atoms with Gasteiger partial charge in [0.25, 0.3) is 5.91 Å². The molecule has 0 radical (unpaired) electrons. The number of rotatable bonds is 5. The van der Waals surface area contributed by atoms with Crippen molar-refractivity contribution in [3.8, 4) is 0 Å². The van der Waals surface area contributed by atoms with Crippen LogP contribution in [-0.2, 0) is 9.59 Å². The quantitative estimate of drug-likeness (QED) is 0.726. The Morgan fingerprint density at radius 2 is 1.88 bits per heavy atom. The zero-order chi connectivity index (χ0) is 17.7. The van der Waals surface area contributed by atoms with Crippen LogP contribution in [0.2, 0.25) is 0 Å². The lowest BCUT2D eigenvalue weighted by Crippen LogP contribution is -2.32. The lowest BCUT2D eigenvalue weighted by atomic mass is 10.1. The average Bonchev–Trinajstić information content (AvgIpc) is 2.94. The van der Waals surface area contributed by atoms with Crippen molar-refractivity contribution in [3.63, 3.8) is 0 Å². The highest BCUT2D eigenvalue weighted by atomic mass is 79.9. The van der Waals surface area contributed by atoms with E-state index in [9.17, 15) is 14.4 Å².